The molecule has 0 radical (unpaired) electrons. The Morgan fingerprint density at radius 3 is 2.52 bits per heavy atom. The Morgan fingerprint density at radius 2 is 1.81 bits per heavy atom. The van der Waals surface area contributed by atoms with Gasteiger partial charge in [0.25, 0.3) is 0 Å². The van der Waals surface area contributed by atoms with Crippen LogP contribution < -0.4 is 10.6 Å². The van der Waals surface area contributed by atoms with Crippen molar-refractivity contribution >= 4 is 38.0 Å². The summed E-state index contributed by atoms with van der Waals surface area (Å²) < 4.78 is 1.26. The Labute approximate surface area is 188 Å². The summed E-state index contributed by atoms with van der Waals surface area (Å²) in [5.41, 5.74) is 12.9. The Balaban J connectivity index is 1.47. The molecule has 0 bridgehead atoms. The second kappa shape index (κ2) is 7.10. The summed E-state index contributed by atoms with van der Waals surface area (Å²) in [4.78, 5) is 7.36. The van der Waals surface area contributed by atoms with E-state index < -0.39 is 0 Å². The van der Waals surface area contributed by atoms with Crippen molar-refractivity contribution < 1.29 is 0 Å². The number of para-hydroxylation sites is 1. The van der Waals surface area contributed by atoms with Crippen molar-refractivity contribution in [2.45, 2.75) is 27.2 Å². The molecule has 3 aromatic rings. The third-order valence-electron chi connectivity index (χ3n) is 6.93. The summed E-state index contributed by atoms with van der Waals surface area (Å²) in [5.74, 6) is 0. The number of nitrogens with two attached hydrogens (primary N) is 1. The van der Waals surface area contributed by atoms with Crippen LogP contribution in [0.1, 0.15) is 38.3 Å². The fraction of sp³-hybridized carbons (Fsp3) is 0.296. The van der Waals surface area contributed by atoms with Crippen molar-refractivity contribution in [2.75, 3.05) is 18.0 Å². The van der Waals surface area contributed by atoms with E-state index in [1.807, 2.05) is 0 Å². The summed E-state index contributed by atoms with van der Waals surface area (Å²) in [6, 6.07) is 16.9. The second-order valence-corrected chi connectivity index (χ2v) is 10.6. The third kappa shape index (κ3) is 3.30. The van der Waals surface area contributed by atoms with Gasteiger partial charge in [-0.1, -0.05) is 92.8 Å². The number of hydrogen-bond donors (Lipinski definition) is 1. The monoisotopic (exact) mass is 427 g/mol. The fourth-order valence-electron chi connectivity index (χ4n) is 5.41. The highest BCUT2D eigenvalue weighted by atomic mass is 32.1. The van der Waals surface area contributed by atoms with E-state index in [4.69, 9.17) is 10.7 Å². The standard InChI is InChI=1S/C27H29N3S/c1-18(28)19-9-11-20(12-10-19)21-13-15-27(4)17-30(16-14-24(27)26(21,2)3)25-29-22-7-5-6-8-23(22)31-25/h5-14H,1,15-17,28H2,2-4H3/t27-/m1/s1. The van der Waals surface area contributed by atoms with Gasteiger partial charge in [0.2, 0.25) is 0 Å². The Morgan fingerprint density at radius 1 is 1.06 bits per heavy atom. The number of fused-ring (bicyclic) bond motifs is 2. The minimum atomic E-state index is -0.0199. The van der Waals surface area contributed by atoms with Gasteiger partial charge in [0.15, 0.2) is 5.13 Å². The molecule has 3 nitrogen and oxygen atoms in total. The molecule has 1 aliphatic carbocycles. The van der Waals surface area contributed by atoms with Crippen LogP contribution in [-0.4, -0.2) is 18.1 Å². The highest BCUT2D eigenvalue weighted by Crippen LogP contribution is 2.55. The van der Waals surface area contributed by atoms with Gasteiger partial charge in [-0.3, -0.25) is 0 Å². The van der Waals surface area contributed by atoms with Gasteiger partial charge in [-0.25, -0.2) is 4.98 Å². The SMILES string of the molecule is C=C(N)c1ccc(C2=CC[C@]3(C)CN(c4nc5ccccc5s4)CC=C3C2(C)C)cc1. The molecule has 0 saturated carbocycles. The fourth-order valence-corrected chi connectivity index (χ4v) is 6.39. The lowest BCUT2D eigenvalue weighted by atomic mass is 9.58. The molecule has 4 heteroatoms. The molecular formula is C27H29N3S. The average Bonchev–Trinajstić information content (AvgIpc) is 3.17. The van der Waals surface area contributed by atoms with Crippen molar-refractivity contribution in [2.24, 2.45) is 16.6 Å². The van der Waals surface area contributed by atoms with Crippen LogP contribution in [0.15, 0.2) is 72.8 Å². The van der Waals surface area contributed by atoms with Crippen LogP contribution in [0.2, 0.25) is 0 Å². The van der Waals surface area contributed by atoms with Crippen LogP contribution in [0.3, 0.4) is 0 Å². The first-order chi connectivity index (χ1) is 14.8. The number of allylic oxidation sites excluding steroid dienone is 2. The molecule has 2 heterocycles. The summed E-state index contributed by atoms with van der Waals surface area (Å²) in [6.07, 6.45) is 5.94. The Hall–Kier alpha value is -2.85. The second-order valence-electron chi connectivity index (χ2n) is 9.57. The molecule has 158 valence electrons. The van der Waals surface area contributed by atoms with Crippen LogP contribution in [0.4, 0.5) is 5.13 Å². The van der Waals surface area contributed by atoms with Crippen molar-refractivity contribution in [3.05, 3.63) is 84.0 Å². The van der Waals surface area contributed by atoms with Gasteiger partial charge in [0, 0.05) is 29.6 Å². The number of anilines is 1. The molecule has 0 saturated heterocycles. The predicted octanol–water partition coefficient (Wildman–Crippen LogP) is 6.49. The van der Waals surface area contributed by atoms with Crippen molar-refractivity contribution in [1.82, 2.24) is 4.98 Å². The maximum Gasteiger partial charge on any atom is 0.186 e. The maximum atomic E-state index is 5.86. The Kier molecular flexibility index (Phi) is 4.60. The van der Waals surface area contributed by atoms with E-state index in [2.05, 4.69) is 92.9 Å². The topological polar surface area (TPSA) is 42.1 Å². The number of hydrogen-bond acceptors (Lipinski definition) is 4. The van der Waals surface area contributed by atoms with Crippen molar-refractivity contribution in [3.8, 4) is 0 Å². The molecule has 1 aliphatic heterocycles. The van der Waals surface area contributed by atoms with Crippen LogP contribution >= 0.6 is 11.3 Å². The molecule has 2 aliphatic rings. The molecule has 0 unspecified atom stereocenters. The van der Waals surface area contributed by atoms with E-state index in [0.29, 0.717) is 5.70 Å². The van der Waals surface area contributed by atoms with E-state index in [1.54, 1.807) is 16.9 Å². The van der Waals surface area contributed by atoms with Crippen LogP contribution in [-0.2, 0) is 0 Å². The minimum Gasteiger partial charge on any atom is -0.399 e. The van der Waals surface area contributed by atoms with Gasteiger partial charge in [-0.15, -0.1) is 0 Å². The number of aromatic nitrogens is 1. The number of rotatable bonds is 3. The first kappa shape index (κ1) is 20.1. The summed E-state index contributed by atoms with van der Waals surface area (Å²) in [7, 11) is 0. The van der Waals surface area contributed by atoms with Crippen LogP contribution in [0, 0.1) is 10.8 Å². The third-order valence-corrected chi connectivity index (χ3v) is 8.03. The zero-order chi connectivity index (χ0) is 21.8. The van der Waals surface area contributed by atoms with E-state index in [9.17, 15) is 0 Å². The normalized spacial score (nSPS) is 22.6. The van der Waals surface area contributed by atoms with E-state index in [1.165, 1.54) is 15.8 Å². The highest BCUT2D eigenvalue weighted by Gasteiger charge is 2.46. The molecule has 2 aromatic carbocycles. The molecule has 1 atom stereocenters. The Bertz CT molecular complexity index is 1200. The lowest BCUT2D eigenvalue weighted by Crippen LogP contribution is -2.46. The van der Waals surface area contributed by atoms with Gasteiger partial charge in [-0.2, -0.15) is 0 Å². The molecule has 1 aromatic heterocycles. The summed E-state index contributed by atoms with van der Waals surface area (Å²) in [5, 5.41) is 1.13. The zero-order valence-electron chi connectivity index (χ0n) is 18.5. The van der Waals surface area contributed by atoms with Gasteiger partial charge in [-0.05, 0) is 35.3 Å². The van der Waals surface area contributed by atoms with Gasteiger partial charge in [0.05, 0.1) is 10.2 Å². The van der Waals surface area contributed by atoms with Crippen LogP contribution in [0.25, 0.3) is 21.5 Å². The predicted molar refractivity (Wildman–Crippen MR) is 134 cm³/mol. The summed E-state index contributed by atoms with van der Waals surface area (Å²) >= 11 is 1.80. The van der Waals surface area contributed by atoms with E-state index in [-0.39, 0.29) is 10.8 Å². The van der Waals surface area contributed by atoms with Crippen molar-refractivity contribution in [3.63, 3.8) is 0 Å². The maximum absolute atomic E-state index is 5.86. The molecular weight excluding hydrogens is 398 g/mol. The van der Waals surface area contributed by atoms with Gasteiger partial charge in [0.1, 0.15) is 0 Å². The lowest BCUT2D eigenvalue weighted by molar-refractivity contribution is 0.312. The lowest BCUT2D eigenvalue weighted by Gasteiger charge is -2.50. The quantitative estimate of drug-likeness (QED) is 0.486. The number of nitrogens with zero attached hydrogens (tertiary/aromatic N) is 2. The summed E-state index contributed by atoms with van der Waals surface area (Å²) in [6.45, 7) is 12.9. The van der Waals surface area contributed by atoms with Gasteiger partial charge >= 0.3 is 0 Å². The largest absolute Gasteiger partial charge is 0.399 e. The number of thiazole rings is 1. The average molecular weight is 428 g/mol. The molecule has 31 heavy (non-hydrogen) atoms. The molecule has 0 amide bonds. The van der Waals surface area contributed by atoms with E-state index >= 15 is 0 Å². The molecule has 5 rings (SSSR count). The smallest absolute Gasteiger partial charge is 0.186 e. The van der Waals surface area contributed by atoms with E-state index in [0.717, 1.165) is 35.7 Å². The molecule has 0 fully saturated rings. The highest BCUT2D eigenvalue weighted by molar-refractivity contribution is 7.22. The molecule has 2 N–H and O–H groups in total. The molecule has 0 spiro atoms. The minimum absolute atomic E-state index is 0.0199. The number of benzene rings is 2. The zero-order valence-corrected chi connectivity index (χ0v) is 19.3. The van der Waals surface area contributed by atoms with Crippen molar-refractivity contribution in [1.29, 1.82) is 0 Å². The first-order valence-corrected chi connectivity index (χ1v) is 11.7. The van der Waals surface area contributed by atoms with Crippen LogP contribution in [0.5, 0.6) is 0 Å². The first-order valence-electron chi connectivity index (χ1n) is 10.9. The van der Waals surface area contributed by atoms with Gasteiger partial charge < -0.3 is 10.6 Å².